The topological polar surface area (TPSA) is 72.3 Å². The van der Waals surface area contributed by atoms with Crippen molar-refractivity contribution in [1.82, 2.24) is 5.32 Å². The highest BCUT2D eigenvalue weighted by Crippen LogP contribution is 2.55. The fourth-order valence-electron chi connectivity index (χ4n) is 3.79. The van der Waals surface area contributed by atoms with Crippen LogP contribution in [0, 0.1) is 17.6 Å². The van der Waals surface area contributed by atoms with E-state index in [4.69, 9.17) is 9.68 Å². The van der Waals surface area contributed by atoms with E-state index in [9.17, 15) is 13.6 Å². The monoisotopic (exact) mass is 429 g/mol. The maximum Gasteiger partial charge on any atom is 0.273 e. The zero-order chi connectivity index (χ0) is 22.6. The molecule has 0 aromatic heterocycles. The molecule has 6 nitrogen and oxygen atoms in total. The van der Waals surface area contributed by atoms with E-state index in [-0.39, 0.29) is 24.1 Å². The number of nitrogens with one attached hydrogen (secondary N) is 1. The highest BCUT2D eigenvalue weighted by molar-refractivity contribution is 6.45. The SMILES string of the molecule is CNC(=O)C(=NOC)c1ccccc1CON=C(C)[C@@H]1C[C@@]1(C)c1ccc(F)cc1F. The van der Waals surface area contributed by atoms with E-state index in [2.05, 4.69) is 15.6 Å². The molecule has 0 unspecified atom stereocenters. The molecule has 164 valence electrons. The molecular weight excluding hydrogens is 404 g/mol. The molecule has 1 amide bonds. The molecule has 1 aliphatic carbocycles. The Morgan fingerprint density at radius 3 is 2.65 bits per heavy atom. The first-order valence-corrected chi connectivity index (χ1v) is 9.85. The first kappa shape index (κ1) is 22.4. The number of halogens is 2. The van der Waals surface area contributed by atoms with Crippen LogP contribution in [0.2, 0.25) is 0 Å². The van der Waals surface area contributed by atoms with Gasteiger partial charge in [0.15, 0.2) is 5.71 Å². The number of carbonyl (C=O) groups is 1. The molecule has 1 saturated carbocycles. The van der Waals surface area contributed by atoms with Crippen molar-refractivity contribution in [2.24, 2.45) is 16.2 Å². The van der Waals surface area contributed by atoms with Gasteiger partial charge in [0.25, 0.3) is 5.91 Å². The van der Waals surface area contributed by atoms with E-state index in [1.165, 1.54) is 26.3 Å². The number of hydrogen-bond acceptors (Lipinski definition) is 5. The fourth-order valence-corrected chi connectivity index (χ4v) is 3.79. The zero-order valence-electron chi connectivity index (χ0n) is 17.9. The lowest BCUT2D eigenvalue weighted by Gasteiger charge is -2.13. The van der Waals surface area contributed by atoms with Gasteiger partial charge in [-0.25, -0.2) is 8.78 Å². The molecule has 1 aliphatic rings. The van der Waals surface area contributed by atoms with Crippen molar-refractivity contribution in [3.05, 3.63) is 70.8 Å². The van der Waals surface area contributed by atoms with Gasteiger partial charge in [-0.3, -0.25) is 4.79 Å². The second-order valence-corrected chi connectivity index (χ2v) is 7.66. The van der Waals surface area contributed by atoms with Gasteiger partial charge < -0.3 is 15.0 Å². The Kier molecular flexibility index (Phi) is 6.68. The number of oxime groups is 2. The number of hydrogen-bond donors (Lipinski definition) is 1. The molecule has 0 bridgehead atoms. The van der Waals surface area contributed by atoms with Crippen molar-refractivity contribution in [3.8, 4) is 0 Å². The second-order valence-electron chi connectivity index (χ2n) is 7.66. The summed E-state index contributed by atoms with van der Waals surface area (Å²) in [5, 5.41) is 10.6. The van der Waals surface area contributed by atoms with E-state index in [1.807, 2.05) is 26.0 Å². The highest BCUT2D eigenvalue weighted by Gasteiger charge is 2.54. The van der Waals surface area contributed by atoms with E-state index in [0.29, 0.717) is 23.1 Å². The molecule has 3 rings (SSSR count). The third kappa shape index (κ3) is 4.73. The molecule has 1 fully saturated rings. The molecule has 2 aromatic carbocycles. The molecule has 0 saturated heterocycles. The molecule has 8 heteroatoms. The summed E-state index contributed by atoms with van der Waals surface area (Å²) in [5.41, 5.74) is 2.17. The molecule has 2 aromatic rings. The summed E-state index contributed by atoms with van der Waals surface area (Å²) in [4.78, 5) is 22.5. The molecule has 2 atom stereocenters. The van der Waals surface area contributed by atoms with Gasteiger partial charge in [-0.15, -0.1) is 0 Å². The average molecular weight is 429 g/mol. The third-order valence-electron chi connectivity index (χ3n) is 5.61. The smallest absolute Gasteiger partial charge is 0.273 e. The third-order valence-corrected chi connectivity index (χ3v) is 5.61. The lowest BCUT2D eigenvalue weighted by Crippen LogP contribution is -2.29. The van der Waals surface area contributed by atoms with Crippen LogP contribution < -0.4 is 5.32 Å². The van der Waals surface area contributed by atoms with Gasteiger partial charge in [-0.1, -0.05) is 47.6 Å². The zero-order valence-corrected chi connectivity index (χ0v) is 17.9. The molecular formula is C23H25F2N3O3. The van der Waals surface area contributed by atoms with Gasteiger partial charge in [-0.2, -0.15) is 0 Å². The van der Waals surface area contributed by atoms with Crippen LogP contribution in [-0.2, 0) is 26.5 Å². The van der Waals surface area contributed by atoms with Crippen molar-refractivity contribution in [1.29, 1.82) is 0 Å². The van der Waals surface area contributed by atoms with E-state index in [0.717, 1.165) is 11.8 Å². The van der Waals surface area contributed by atoms with Gasteiger partial charge in [-0.05, 0) is 25.0 Å². The Morgan fingerprint density at radius 2 is 1.97 bits per heavy atom. The van der Waals surface area contributed by atoms with Gasteiger partial charge >= 0.3 is 0 Å². The van der Waals surface area contributed by atoms with Crippen LogP contribution in [0.5, 0.6) is 0 Å². The standard InChI is InChI=1S/C23H25F2N3O3/c1-14(19-12-23(19,2)18-10-9-16(24)11-20(18)25)27-31-13-15-7-5-6-8-17(15)21(28-30-4)22(29)26-3/h5-11,19H,12-13H2,1-4H3,(H,26,29)/t19-,23-/m0/s1. The van der Waals surface area contributed by atoms with Gasteiger partial charge in [0.2, 0.25) is 0 Å². The summed E-state index contributed by atoms with van der Waals surface area (Å²) >= 11 is 0. The lowest BCUT2D eigenvalue weighted by atomic mass is 9.93. The fraction of sp³-hybridized carbons (Fsp3) is 0.348. The van der Waals surface area contributed by atoms with Crippen molar-refractivity contribution in [2.45, 2.75) is 32.3 Å². The first-order chi connectivity index (χ1) is 14.8. The second kappa shape index (κ2) is 9.24. The van der Waals surface area contributed by atoms with E-state index >= 15 is 0 Å². The number of amides is 1. The summed E-state index contributed by atoms with van der Waals surface area (Å²) in [6, 6.07) is 10.8. The summed E-state index contributed by atoms with van der Waals surface area (Å²) in [6.45, 7) is 3.87. The van der Waals surface area contributed by atoms with Crippen LogP contribution in [-0.4, -0.2) is 31.5 Å². The minimum Gasteiger partial charge on any atom is -0.398 e. The van der Waals surface area contributed by atoms with Crippen LogP contribution in [0.25, 0.3) is 0 Å². The van der Waals surface area contributed by atoms with Crippen molar-refractivity contribution < 1.29 is 23.3 Å². The summed E-state index contributed by atoms with van der Waals surface area (Å²) in [6.07, 6.45) is 0.701. The van der Waals surface area contributed by atoms with Crippen LogP contribution in [0.15, 0.2) is 52.8 Å². The van der Waals surface area contributed by atoms with Gasteiger partial charge in [0, 0.05) is 35.6 Å². The van der Waals surface area contributed by atoms with E-state index in [1.54, 1.807) is 12.1 Å². The summed E-state index contributed by atoms with van der Waals surface area (Å²) in [5.74, 6) is -1.53. The largest absolute Gasteiger partial charge is 0.398 e. The van der Waals surface area contributed by atoms with Crippen LogP contribution in [0.4, 0.5) is 8.78 Å². The predicted octanol–water partition coefficient (Wildman–Crippen LogP) is 3.93. The van der Waals surface area contributed by atoms with Gasteiger partial charge in [0.1, 0.15) is 25.4 Å². The number of benzene rings is 2. The van der Waals surface area contributed by atoms with Gasteiger partial charge in [0.05, 0.1) is 5.71 Å². The highest BCUT2D eigenvalue weighted by atomic mass is 19.1. The van der Waals surface area contributed by atoms with Crippen LogP contribution in [0.1, 0.15) is 37.0 Å². The van der Waals surface area contributed by atoms with Crippen LogP contribution in [0.3, 0.4) is 0 Å². The van der Waals surface area contributed by atoms with Crippen molar-refractivity contribution >= 4 is 17.3 Å². The minimum atomic E-state index is -0.595. The van der Waals surface area contributed by atoms with E-state index < -0.39 is 17.0 Å². The Labute approximate surface area is 179 Å². The van der Waals surface area contributed by atoms with Crippen LogP contribution >= 0.6 is 0 Å². The number of likely N-dealkylation sites (N-methyl/N-ethyl adjacent to an activating group) is 1. The predicted molar refractivity (Wildman–Crippen MR) is 114 cm³/mol. The quantitative estimate of drug-likeness (QED) is 0.511. The Bertz CT molecular complexity index is 1040. The first-order valence-electron chi connectivity index (χ1n) is 9.85. The Balaban J connectivity index is 1.72. The normalized spacial score (nSPS) is 20.9. The average Bonchev–Trinajstić information content (AvgIpc) is 3.44. The maximum absolute atomic E-state index is 14.2. The molecule has 31 heavy (non-hydrogen) atoms. The minimum absolute atomic E-state index is 0.000751. The molecule has 0 heterocycles. The lowest BCUT2D eigenvalue weighted by molar-refractivity contribution is -0.114. The Hall–Kier alpha value is -3.29. The van der Waals surface area contributed by atoms with Crippen molar-refractivity contribution in [3.63, 3.8) is 0 Å². The maximum atomic E-state index is 14.2. The Morgan fingerprint density at radius 1 is 1.23 bits per heavy atom. The molecule has 0 radical (unpaired) electrons. The number of nitrogens with zero attached hydrogens (tertiary/aromatic N) is 2. The number of rotatable bonds is 8. The van der Waals surface area contributed by atoms with Crippen molar-refractivity contribution in [2.75, 3.05) is 14.2 Å². The molecule has 0 spiro atoms. The summed E-state index contributed by atoms with van der Waals surface area (Å²) in [7, 11) is 2.88. The summed E-state index contributed by atoms with van der Waals surface area (Å²) < 4.78 is 27.4. The number of carbonyl (C=O) groups excluding carboxylic acids is 1. The molecule has 1 N–H and O–H groups in total. The molecule has 0 aliphatic heterocycles.